The van der Waals surface area contributed by atoms with E-state index in [-0.39, 0.29) is 10.9 Å². The van der Waals surface area contributed by atoms with Crippen LogP contribution in [0.15, 0.2) is 0 Å². The van der Waals surface area contributed by atoms with Gasteiger partial charge >= 0.3 is 0 Å². The predicted molar refractivity (Wildman–Crippen MR) is 68.3 cm³/mol. The molecular formula is C11H17ClN4O. The highest BCUT2D eigenvalue weighted by Gasteiger charge is 2.29. The molecule has 1 fully saturated rings. The number of nitrogens with one attached hydrogen (secondary N) is 1. The lowest BCUT2D eigenvalue weighted by Gasteiger charge is -2.24. The van der Waals surface area contributed by atoms with E-state index in [9.17, 15) is 0 Å². The second-order valence-electron chi connectivity index (χ2n) is 4.60. The second-order valence-corrected chi connectivity index (χ2v) is 4.93. The number of nitrogen functional groups attached to an aromatic ring is 1. The molecule has 1 unspecified atom stereocenters. The van der Waals surface area contributed by atoms with Crippen molar-refractivity contribution in [3.63, 3.8) is 0 Å². The number of aromatic nitrogens is 2. The minimum absolute atomic E-state index is 0.141. The zero-order valence-corrected chi connectivity index (χ0v) is 10.8. The summed E-state index contributed by atoms with van der Waals surface area (Å²) in [7, 11) is 0. The Morgan fingerprint density at radius 3 is 2.94 bits per heavy atom. The monoisotopic (exact) mass is 256 g/mol. The maximum Gasteiger partial charge on any atom is 0.224 e. The quantitative estimate of drug-likeness (QED) is 0.810. The van der Waals surface area contributed by atoms with E-state index in [0.717, 1.165) is 19.4 Å². The van der Waals surface area contributed by atoms with Crippen molar-refractivity contribution in [3.05, 3.63) is 11.0 Å². The molecule has 0 saturated carbocycles. The summed E-state index contributed by atoms with van der Waals surface area (Å²) in [4.78, 5) is 8.08. The SMILES string of the molecule is Cc1nc(Cl)nc(NCC2(C)CCCO2)c1N. The first-order valence-corrected chi connectivity index (χ1v) is 6.05. The first kappa shape index (κ1) is 12.4. The van der Waals surface area contributed by atoms with Crippen LogP contribution >= 0.6 is 11.6 Å². The number of hydrogen-bond donors (Lipinski definition) is 2. The third-order valence-electron chi connectivity index (χ3n) is 3.04. The van der Waals surface area contributed by atoms with E-state index < -0.39 is 0 Å². The molecular weight excluding hydrogens is 240 g/mol. The Morgan fingerprint density at radius 1 is 1.53 bits per heavy atom. The van der Waals surface area contributed by atoms with Crippen LogP contribution in [-0.2, 0) is 4.74 Å². The van der Waals surface area contributed by atoms with Gasteiger partial charge in [-0.3, -0.25) is 0 Å². The standard InChI is InChI=1S/C11H17ClN4O/c1-7-8(13)9(16-10(12)15-7)14-6-11(2)4-3-5-17-11/h3-6,13H2,1-2H3,(H,14,15,16). The lowest BCUT2D eigenvalue weighted by Crippen LogP contribution is -2.33. The van der Waals surface area contributed by atoms with E-state index in [1.165, 1.54) is 0 Å². The summed E-state index contributed by atoms with van der Waals surface area (Å²) in [6.45, 7) is 5.38. The highest BCUT2D eigenvalue weighted by atomic mass is 35.5. The Hall–Kier alpha value is -1.07. The molecule has 6 heteroatoms. The maximum atomic E-state index is 5.89. The van der Waals surface area contributed by atoms with Crippen molar-refractivity contribution in [2.45, 2.75) is 32.3 Å². The van der Waals surface area contributed by atoms with Crippen LogP contribution in [0.1, 0.15) is 25.5 Å². The van der Waals surface area contributed by atoms with Gasteiger partial charge in [0.15, 0.2) is 5.82 Å². The molecule has 2 heterocycles. The fraction of sp³-hybridized carbons (Fsp3) is 0.636. The van der Waals surface area contributed by atoms with E-state index in [4.69, 9.17) is 22.1 Å². The van der Waals surface area contributed by atoms with Crippen LogP contribution in [0.2, 0.25) is 5.28 Å². The predicted octanol–water partition coefficient (Wildman–Crippen LogP) is 2.00. The lowest BCUT2D eigenvalue weighted by atomic mass is 10.0. The number of halogens is 1. The van der Waals surface area contributed by atoms with E-state index in [1.54, 1.807) is 0 Å². The van der Waals surface area contributed by atoms with E-state index >= 15 is 0 Å². The van der Waals surface area contributed by atoms with Crippen molar-refractivity contribution in [3.8, 4) is 0 Å². The van der Waals surface area contributed by atoms with Gasteiger partial charge in [0.05, 0.1) is 17.0 Å². The molecule has 0 amide bonds. The number of nitrogens with zero attached hydrogens (tertiary/aromatic N) is 2. The summed E-state index contributed by atoms with van der Waals surface area (Å²) in [6, 6.07) is 0. The minimum atomic E-state index is -0.141. The van der Waals surface area contributed by atoms with Crippen molar-refractivity contribution in [2.24, 2.45) is 0 Å². The van der Waals surface area contributed by atoms with Crippen molar-refractivity contribution >= 4 is 23.1 Å². The van der Waals surface area contributed by atoms with Gasteiger partial charge in [0.2, 0.25) is 5.28 Å². The van der Waals surface area contributed by atoms with Gasteiger partial charge in [0.25, 0.3) is 0 Å². The second kappa shape index (κ2) is 4.66. The number of nitrogens with two attached hydrogens (primary N) is 1. The molecule has 2 rings (SSSR count). The molecule has 1 aliphatic heterocycles. The molecule has 3 N–H and O–H groups in total. The average Bonchev–Trinajstić information content (AvgIpc) is 2.69. The molecule has 1 atom stereocenters. The first-order valence-electron chi connectivity index (χ1n) is 5.68. The zero-order valence-electron chi connectivity index (χ0n) is 10.1. The summed E-state index contributed by atoms with van der Waals surface area (Å²) in [6.07, 6.45) is 2.13. The first-order chi connectivity index (χ1) is 8.00. The lowest BCUT2D eigenvalue weighted by molar-refractivity contribution is 0.0315. The van der Waals surface area contributed by atoms with Gasteiger partial charge in [0, 0.05) is 13.2 Å². The molecule has 1 aromatic rings. The number of rotatable bonds is 3. The third kappa shape index (κ3) is 2.79. The van der Waals surface area contributed by atoms with Crippen molar-refractivity contribution in [1.29, 1.82) is 0 Å². The Bertz CT molecular complexity index is 418. The highest BCUT2D eigenvalue weighted by molar-refractivity contribution is 6.28. The fourth-order valence-electron chi connectivity index (χ4n) is 1.93. The smallest absolute Gasteiger partial charge is 0.224 e. The van der Waals surface area contributed by atoms with Gasteiger partial charge in [-0.05, 0) is 38.3 Å². The molecule has 94 valence electrons. The van der Waals surface area contributed by atoms with Crippen molar-refractivity contribution < 1.29 is 4.74 Å². The van der Waals surface area contributed by atoms with Gasteiger partial charge in [-0.2, -0.15) is 4.98 Å². The Morgan fingerprint density at radius 2 is 2.29 bits per heavy atom. The highest BCUT2D eigenvalue weighted by Crippen LogP contribution is 2.27. The van der Waals surface area contributed by atoms with Gasteiger partial charge < -0.3 is 15.8 Å². The van der Waals surface area contributed by atoms with Gasteiger partial charge in [-0.25, -0.2) is 4.98 Å². The van der Waals surface area contributed by atoms with Crippen LogP contribution in [0.3, 0.4) is 0 Å². The minimum Gasteiger partial charge on any atom is -0.394 e. The van der Waals surface area contributed by atoms with Crippen LogP contribution in [0, 0.1) is 6.92 Å². The van der Waals surface area contributed by atoms with Gasteiger partial charge in [0.1, 0.15) is 0 Å². The van der Waals surface area contributed by atoms with Crippen molar-refractivity contribution in [2.75, 3.05) is 24.2 Å². The van der Waals surface area contributed by atoms with Crippen LogP contribution in [0.4, 0.5) is 11.5 Å². The Labute approximate surface area is 106 Å². The fourth-order valence-corrected chi connectivity index (χ4v) is 2.14. The number of anilines is 2. The van der Waals surface area contributed by atoms with Gasteiger partial charge in [-0.15, -0.1) is 0 Å². The summed E-state index contributed by atoms with van der Waals surface area (Å²) >= 11 is 5.80. The molecule has 17 heavy (non-hydrogen) atoms. The Balaban J connectivity index is 2.08. The van der Waals surface area contributed by atoms with Crippen LogP contribution in [0.5, 0.6) is 0 Å². The maximum absolute atomic E-state index is 5.89. The molecule has 1 aliphatic rings. The molecule has 0 spiro atoms. The number of hydrogen-bond acceptors (Lipinski definition) is 5. The molecule has 5 nitrogen and oxygen atoms in total. The summed E-state index contributed by atoms with van der Waals surface area (Å²) in [5.41, 5.74) is 6.97. The number of ether oxygens (including phenoxy) is 1. The van der Waals surface area contributed by atoms with Crippen LogP contribution in [0.25, 0.3) is 0 Å². The molecule has 0 aliphatic carbocycles. The Kier molecular flexibility index (Phi) is 3.40. The summed E-state index contributed by atoms with van der Waals surface area (Å²) in [5.74, 6) is 0.583. The van der Waals surface area contributed by atoms with Crippen molar-refractivity contribution in [1.82, 2.24) is 9.97 Å². The molecule has 0 bridgehead atoms. The molecule has 1 saturated heterocycles. The average molecular weight is 257 g/mol. The normalized spacial score (nSPS) is 23.9. The van der Waals surface area contributed by atoms with Crippen LogP contribution in [-0.4, -0.2) is 28.7 Å². The topological polar surface area (TPSA) is 73.1 Å². The number of aryl methyl sites for hydroxylation is 1. The van der Waals surface area contributed by atoms with Crippen LogP contribution < -0.4 is 11.1 Å². The zero-order chi connectivity index (χ0) is 12.5. The molecule has 1 aromatic heterocycles. The molecule has 0 radical (unpaired) electrons. The van der Waals surface area contributed by atoms with E-state index in [0.29, 0.717) is 23.7 Å². The third-order valence-corrected chi connectivity index (χ3v) is 3.21. The summed E-state index contributed by atoms with van der Waals surface area (Å²) in [5, 5.41) is 3.40. The largest absolute Gasteiger partial charge is 0.394 e. The van der Waals surface area contributed by atoms with E-state index in [1.807, 2.05) is 6.92 Å². The molecule has 0 aromatic carbocycles. The van der Waals surface area contributed by atoms with E-state index in [2.05, 4.69) is 22.2 Å². The van der Waals surface area contributed by atoms with Gasteiger partial charge in [-0.1, -0.05) is 0 Å². The summed E-state index contributed by atoms with van der Waals surface area (Å²) < 4.78 is 5.68.